The van der Waals surface area contributed by atoms with Gasteiger partial charge < -0.3 is 19.3 Å². The minimum Gasteiger partial charge on any atom is -0.487 e. The van der Waals surface area contributed by atoms with Crippen molar-refractivity contribution in [3.8, 4) is 5.75 Å². The third-order valence-corrected chi connectivity index (χ3v) is 4.67. The molecule has 2 aliphatic heterocycles. The van der Waals surface area contributed by atoms with Gasteiger partial charge in [-0.25, -0.2) is 4.39 Å². The summed E-state index contributed by atoms with van der Waals surface area (Å²) >= 11 is 0. The fourth-order valence-electron chi connectivity index (χ4n) is 3.28. The summed E-state index contributed by atoms with van der Waals surface area (Å²) in [6, 6.07) is 5.87. The molecule has 0 bridgehead atoms. The average Bonchev–Trinajstić information content (AvgIpc) is 2.59. The zero-order valence-electron chi connectivity index (χ0n) is 14.3. The van der Waals surface area contributed by atoms with Crippen LogP contribution in [-0.2, 0) is 14.3 Å². The fourth-order valence-corrected chi connectivity index (χ4v) is 3.28. The zero-order valence-corrected chi connectivity index (χ0v) is 14.3. The number of rotatable bonds is 5. The molecule has 0 aromatic heterocycles. The lowest BCUT2D eigenvalue weighted by Gasteiger charge is -2.42. The van der Waals surface area contributed by atoms with Crippen molar-refractivity contribution in [1.29, 1.82) is 0 Å². The van der Waals surface area contributed by atoms with E-state index in [9.17, 15) is 14.0 Å². The van der Waals surface area contributed by atoms with Gasteiger partial charge in [-0.1, -0.05) is 0 Å². The van der Waals surface area contributed by atoms with Crippen LogP contribution in [0.4, 0.5) is 4.39 Å². The Morgan fingerprint density at radius 1 is 1.16 bits per heavy atom. The molecular formula is C18H23FN2O4. The quantitative estimate of drug-likeness (QED) is 0.803. The van der Waals surface area contributed by atoms with E-state index in [2.05, 4.69) is 0 Å². The van der Waals surface area contributed by atoms with E-state index in [1.54, 1.807) is 21.9 Å². The summed E-state index contributed by atoms with van der Waals surface area (Å²) in [5.41, 5.74) is 0. The van der Waals surface area contributed by atoms with Gasteiger partial charge in [-0.2, -0.15) is 0 Å². The minimum absolute atomic E-state index is 0.0538. The van der Waals surface area contributed by atoms with Crippen molar-refractivity contribution in [3.05, 3.63) is 30.1 Å². The van der Waals surface area contributed by atoms with Crippen LogP contribution in [0.3, 0.4) is 0 Å². The Morgan fingerprint density at radius 3 is 2.56 bits per heavy atom. The van der Waals surface area contributed by atoms with Crippen LogP contribution in [0, 0.1) is 11.7 Å². The molecule has 1 atom stereocenters. The van der Waals surface area contributed by atoms with Crippen LogP contribution in [0.5, 0.6) is 5.75 Å². The largest absolute Gasteiger partial charge is 0.487 e. The number of piperidine rings is 1. The molecule has 0 N–H and O–H groups in total. The number of benzene rings is 1. The van der Waals surface area contributed by atoms with E-state index in [1.165, 1.54) is 19.2 Å². The predicted molar refractivity (Wildman–Crippen MR) is 88.6 cm³/mol. The first-order chi connectivity index (χ1) is 12.1. The van der Waals surface area contributed by atoms with Crippen molar-refractivity contribution < 1.29 is 23.5 Å². The molecule has 3 rings (SSSR count). The lowest BCUT2D eigenvalue weighted by molar-refractivity contribution is -0.148. The van der Waals surface area contributed by atoms with Gasteiger partial charge in [0.25, 0.3) is 0 Å². The van der Waals surface area contributed by atoms with Crippen LogP contribution < -0.4 is 4.74 Å². The van der Waals surface area contributed by atoms with Crippen LogP contribution in [-0.4, -0.2) is 67.6 Å². The molecule has 6 nitrogen and oxygen atoms in total. The standard InChI is InChI=1S/C18H23FN2O4/c1-24-12-17(22)20-8-2-3-13(9-20)18(23)21-10-16(11-21)25-15-6-4-14(19)5-7-15/h4-7,13,16H,2-3,8-12H2,1H3/t13-/m1/s1. The second-order valence-corrected chi connectivity index (χ2v) is 6.55. The van der Waals surface area contributed by atoms with Crippen molar-refractivity contribution >= 4 is 11.8 Å². The summed E-state index contributed by atoms with van der Waals surface area (Å²) in [6.07, 6.45) is 1.56. The lowest BCUT2D eigenvalue weighted by atomic mass is 9.94. The van der Waals surface area contributed by atoms with Crippen molar-refractivity contribution in [2.24, 2.45) is 5.92 Å². The van der Waals surface area contributed by atoms with Gasteiger partial charge in [0, 0.05) is 20.2 Å². The van der Waals surface area contributed by atoms with E-state index < -0.39 is 0 Å². The molecule has 2 aliphatic rings. The highest BCUT2D eigenvalue weighted by Gasteiger charge is 2.37. The molecule has 0 radical (unpaired) electrons. The highest BCUT2D eigenvalue weighted by Crippen LogP contribution is 2.24. The molecule has 2 heterocycles. The van der Waals surface area contributed by atoms with Gasteiger partial charge in [-0.05, 0) is 37.1 Å². The Hall–Kier alpha value is -2.15. The maximum absolute atomic E-state index is 12.9. The summed E-state index contributed by atoms with van der Waals surface area (Å²) in [4.78, 5) is 28.0. The van der Waals surface area contributed by atoms with E-state index in [-0.39, 0.29) is 36.3 Å². The molecule has 1 aromatic carbocycles. The molecule has 0 aliphatic carbocycles. The number of hydrogen-bond donors (Lipinski definition) is 0. The van der Waals surface area contributed by atoms with Crippen molar-refractivity contribution in [1.82, 2.24) is 9.80 Å². The Balaban J connectivity index is 1.46. The SMILES string of the molecule is COCC(=O)N1CCC[C@@H](C(=O)N2CC(Oc3ccc(F)cc3)C2)C1. The highest BCUT2D eigenvalue weighted by atomic mass is 19.1. The Labute approximate surface area is 146 Å². The molecule has 0 unspecified atom stereocenters. The number of hydrogen-bond acceptors (Lipinski definition) is 4. The summed E-state index contributed by atoms with van der Waals surface area (Å²) in [5, 5.41) is 0. The van der Waals surface area contributed by atoms with E-state index in [4.69, 9.17) is 9.47 Å². The van der Waals surface area contributed by atoms with Gasteiger partial charge in [0.1, 0.15) is 24.3 Å². The number of amides is 2. The molecule has 2 fully saturated rings. The monoisotopic (exact) mass is 350 g/mol. The van der Waals surface area contributed by atoms with Crippen molar-refractivity contribution in [3.63, 3.8) is 0 Å². The number of carbonyl (C=O) groups is 2. The fraction of sp³-hybridized carbons (Fsp3) is 0.556. The van der Waals surface area contributed by atoms with Gasteiger partial charge in [-0.15, -0.1) is 0 Å². The average molecular weight is 350 g/mol. The number of carbonyl (C=O) groups excluding carboxylic acids is 2. The summed E-state index contributed by atoms with van der Waals surface area (Å²) in [7, 11) is 1.49. The van der Waals surface area contributed by atoms with Gasteiger partial charge in [-0.3, -0.25) is 9.59 Å². The Morgan fingerprint density at radius 2 is 1.88 bits per heavy atom. The number of likely N-dealkylation sites (tertiary alicyclic amines) is 2. The second-order valence-electron chi connectivity index (χ2n) is 6.55. The third kappa shape index (κ3) is 4.28. The van der Waals surface area contributed by atoms with Crippen molar-refractivity contribution in [2.75, 3.05) is 39.9 Å². The van der Waals surface area contributed by atoms with Crippen LogP contribution in [0.15, 0.2) is 24.3 Å². The maximum atomic E-state index is 12.9. The molecule has 0 saturated carbocycles. The van der Waals surface area contributed by atoms with Crippen LogP contribution in [0.2, 0.25) is 0 Å². The topological polar surface area (TPSA) is 59.1 Å². The number of nitrogens with zero attached hydrogens (tertiary/aromatic N) is 2. The summed E-state index contributed by atoms with van der Waals surface area (Å²) in [5.74, 6) is 0.159. The highest BCUT2D eigenvalue weighted by molar-refractivity contribution is 5.82. The van der Waals surface area contributed by atoms with Gasteiger partial charge in [0.15, 0.2) is 0 Å². The van der Waals surface area contributed by atoms with E-state index in [1.807, 2.05) is 0 Å². The van der Waals surface area contributed by atoms with Gasteiger partial charge in [0.2, 0.25) is 11.8 Å². The maximum Gasteiger partial charge on any atom is 0.248 e. The molecule has 25 heavy (non-hydrogen) atoms. The summed E-state index contributed by atoms with van der Waals surface area (Å²) in [6.45, 7) is 2.25. The molecule has 136 valence electrons. The predicted octanol–water partition coefficient (Wildman–Crippen LogP) is 1.30. The number of halogens is 1. The molecule has 7 heteroatoms. The molecular weight excluding hydrogens is 327 g/mol. The Kier molecular flexibility index (Phi) is 5.53. The molecule has 2 amide bonds. The van der Waals surface area contributed by atoms with E-state index in [0.717, 1.165) is 12.8 Å². The number of methoxy groups -OCH3 is 1. The molecule has 2 saturated heterocycles. The minimum atomic E-state index is -0.303. The van der Waals surface area contributed by atoms with E-state index in [0.29, 0.717) is 31.9 Å². The van der Waals surface area contributed by atoms with Gasteiger partial charge >= 0.3 is 0 Å². The van der Waals surface area contributed by atoms with Crippen LogP contribution in [0.1, 0.15) is 12.8 Å². The first kappa shape index (κ1) is 17.7. The normalized spacial score (nSPS) is 21.0. The van der Waals surface area contributed by atoms with Crippen LogP contribution >= 0.6 is 0 Å². The van der Waals surface area contributed by atoms with Crippen LogP contribution in [0.25, 0.3) is 0 Å². The molecule has 1 aromatic rings. The van der Waals surface area contributed by atoms with Gasteiger partial charge in [0.05, 0.1) is 19.0 Å². The first-order valence-electron chi connectivity index (χ1n) is 8.54. The third-order valence-electron chi connectivity index (χ3n) is 4.67. The van der Waals surface area contributed by atoms with E-state index >= 15 is 0 Å². The second kappa shape index (κ2) is 7.82. The molecule has 0 spiro atoms. The first-order valence-corrected chi connectivity index (χ1v) is 8.54. The number of ether oxygens (including phenoxy) is 2. The Bertz CT molecular complexity index is 616. The van der Waals surface area contributed by atoms with Crippen molar-refractivity contribution in [2.45, 2.75) is 18.9 Å². The lowest BCUT2D eigenvalue weighted by Crippen LogP contribution is -2.59. The summed E-state index contributed by atoms with van der Waals surface area (Å²) < 4.78 is 23.5. The zero-order chi connectivity index (χ0) is 17.8. The smallest absolute Gasteiger partial charge is 0.248 e.